The zero-order valence-electron chi connectivity index (χ0n) is 13.4. The maximum absolute atomic E-state index is 12.2. The second kappa shape index (κ2) is 7.63. The number of halogens is 3. The number of alkyl halides is 3. The molecule has 0 aliphatic carbocycles. The van der Waals surface area contributed by atoms with E-state index in [1.807, 2.05) is 13.8 Å². The van der Waals surface area contributed by atoms with Crippen LogP contribution in [-0.4, -0.2) is 33.6 Å². The second-order valence-corrected chi connectivity index (χ2v) is 7.61. The number of ether oxygens (including phenoxy) is 1. The van der Waals surface area contributed by atoms with Crippen LogP contribution in [0.1, 0.15) is 40.5 Å². The van der Waals surface area contributed by atoms with Gasteiger partial charge in [-0.2, -0.15) is 21.6 Å². The van der Waals surface area contributed by atoms with Gasteiger partial charge in [-0.3, -0.25) is 8.98 Å². The summed E-state index contributed by atoms with van der Waals surface area (Å²) in [7, 11) is -4.28. The molecule has 0 radical (unpaired) electrons. The van der Waals surface area contributed by atoms with Crippen LogP contribution in [-0.2, 0) is 23.8 Å². The average molecular weight is 348 g/mol. The number of carbonyl (C=O) groups is 1. The molecule has 132 valence electrons. The Labute approximate surface area is 129 Å². The average Bonchev–Trinajstić information content (AvgIpc) is 2.35. The van der Waals surface area contributed by atoms with Gasteiger partial charge in [-0.1, -0.05) is 27.7 Å². The summed E-state index contributed by atoms with van der Waals surface area (Å²) in [6.45, 7) is 6.69. The third-order valence-corrected chi connectivity index (χ3v) is 5.11. The van der Waals surface area contributed by atoms with E-state index in [-0.39, 0.29) is 30.6 Å². The van der Waals surface area contributed by atoms with E-state index in [0.29, 0.717) is 0 Å². The van der Waals surface area contributed by atoms with Gasteiger partial charge in [-0.15, -0.1) is 0 Å². The molecule has 0 bridgehead atoms. The van der Waals surface area contributed by atoms with Crippen molar-refractivity contribution in [1.82, 2.24) is 0 Å². The predicted octanol–water partition coefficient (Wildman–Crippen LogP) is 3.10. The highest BCUT2D eigenvalue weighted by Crippen LogP contribution is 2.37. The van der Waals surface area contributed by atoms with Crippen LogP contribution in [0.2, 0.25) is 0 Å². The lowest BCUT2D eigenvalue weighted by Gasteiger charge is -2.35. The Bertz CT molecular complexity index is 471. The summed E-state index contributed by atoms with van der Waals surface area (Å²) in [5.41, 5.74) is -5.92. The lowest BCUT2D eigenvalue weighted by molar-refractivity contribution is -0.142. The second-order valence-electron chi connectivity index (χ2n) is 6.01. The molecule has 22 heavy (non-hydrogen) atoms. The molecule has 0 aromatic carbocycles. The van der Waals surface area contributed by atoms with Crippen molar-refractivity contribution in [3.63, 3.8) is 0 Å². The molecule has 0 fully saturated rings. The Morgan fingerprint density at radius 2 is 1.68 bits per heavy atom. The van der Waals surface area contributed by atoms with Gasteiger partial charge in [0.25, 0.3) is 0 Å². The topological polar surface area (TPSA) is 69.7 Å². The standard InChI is InChI=1S/C13H23F3O5S/c1-9(8-11(17)20-5)10(2)12(3,4)6-7-21-22(18,19)13(14,15)16/h9-10H,6-8H2,1-5H3/t9-,10-/m1/s1. The van der Waals surface area contributed by atoms with Gasteiger partial charge >= 0.3 is 21.6 Å². The molecule has 0 unspecified atom stereocenters. The summed E-state index contributed by atoms with van der Waals surface area (Å²) in [5.74, 6) is -0.489. The SMILES string of the molecule is COC(=O)C[C@@H](C)[C@@H](C)C(C)(C)CCOS(=O)(=O)C(F)(F)F. The summed E-state index contributed by atoms with van der Waals surface area (Å²) >= 11 is 0. The number of hydrogen-bond donors (Lipinski definition) is 0. The Kier molecular flexibility index (Phi) is 7.34. The van der Waals surface area contributed by atoms with Gasteiger partial charge in [0.2, 0.25) is 0 Å². The molecule has 0 heterocycles. The lowest BCUT2D eigenvalue weighted by atomic mass is 9.71. The van der Waals surface area contributed by atoms with Crippen molar-refractivity contribution < 1.29 is 35.3 Å². The highest BCUT2D eigenvalue weighted by Gasteiger charge is 2.47. The molecule has 2 atom stereocenters. The molecule has 5 nitrogen and oxygen atoms in total. The van der Waals surface area contributed by atoms with E-state index in [1.54, 1.807) is 13.8 Å². The molecule has 0 aromatic heterocycles. The van der Waals surface area contributed by atoms with Crippen molar-refractivity contribution in [2.24, 2.45) is 17.3 Å². The first-order valence-corrected chi connectivity index (χ1v) is 8.18. The molecule has 0 aliphatic rings. The van der Waals surface area contributed by atoms with E-state index in [2.05, 4.69) is 8.92 Å². The van der Waals surface area contributed by atoms with E-state index < -0.39 is 27.6 Å². The molecule has 0 aromatic rings. The van der Waals surface area contributed by atoms with E-state index in [0.717, 1.165) is 0 Å². The number of carbonyl (C=O) groups excluding carboxylic acids is 1. The Morgan fingerprint density at radius 3 is 2.09 bits per heavy atom. The molecular formula is C13H23F3O5S. The third kappa shape index (κ3) is 6.12. The van der Waals surface area contributed by atoms with E-state index in [9.17, 15) is 26.4 Å². The van der Waals surface area contributed by atoms with E-state index in [4.69, 9.17) is 0 Å². The van der Waals surface area contributed by atoms with Gasteiger partial charge < -0.3 is 4.74 Å². The molecule has 0 N–H and O–H groups in total. The van der Waals surface area contributed by atoms with Crippen molar-refractivity contribution in [2.75, 3.05) is 13.7 Å². The molecule has 0 amide bonds. The van der Waals surface area contributed by atoms with Crippen molar-refractivity contribution >= 4 is 16.1 Å². The predicted molar refractivity (Wildman–Crippen MR) is 74.3 cm³/mol. The smallest absolute Gasteiger partial charge is 0.469 e. The van der Waals surface area contributed by atoms with Crippen LogP contribution in [0.3, 0.4) is 0 Å². The first kappa shape index (κ1) is 21.2. The zero-order valence-corrected chi connectivity index (χ0v) is 14.2. The molecule has 0 saturated carbocycles. The summed E-state index contributed by atoms with van der Waals surface area (Å²) < 4.78 is 66.7. The Morgan fingerprint density at radius 1 is 1.18 bits per heavy atom. The highest BCUT2D eigenvalue weighted by atomic mass is 32.2. The van der Waals surface area contributed by atoms with Crippen LogP contribution >= 0.6 is 0 Å². The van der Waals surface area contributed by atoms with Crippen LogP contribution in [0, 0.1) is 17.3 Å². The van der Waals surface area contributed by atoms with Gasteiger partial charge in [-0.25, -0.2) is 0 Å². The molecule has 0 spiro atoms. The quantitative estimate of drug-likeness (QED) is 0.383. The number of hydrogen-bond acceptors (Lipinski definition) is 5. The van der Waals surface area contributed by atoms with Crippen LogP contribution < -0.4 is 0 Å². The fraction of sp³-hybridized carbons (Fsp3) is 0.923. The fourth-order valence-corrected chi connectivity index (χ4v) is 2.44. The maximum Gasteiger partial charge on any atom is 0.523 e. The zero-order chi connectivity index (χ0) is 17.8. The van der Waals surface area contributed by atoms with Gasteiger partial charge in [0.15, 0.2) is 0 Å². The van der Waals surface area contributed by atoms with Crippen molar-refractivity contribution in [3.8, 4) is 0 Å². The van der Waals surface area contributed by atoms with Crippen molar-refractivity contribution in [1.29, 1.82) is 0 Å². The minimum atomic E-state index is -5.56. The normalized spacial score (nSPS) is 16.2. The van der Waals surface area contributed by atoms with Gasteiger partial charge in [-0.05, 0) is 23.7 Å². The number of esters is 1. The molecule has 0 rings (SSSR count). The first-order chi connectivity index (χ1) is 9.74. The third-order valence-electron chi connectivity index (χ3n) is 4.07. The maximum atomic E-state index is 12.2. The highest BCUT2D eigenvalue weighted by molar-refractivity contribution is 7.87. The summed E-state index contributed by atoms with van der Waals surface area (Å²) in [6, 6.07) is 0. The molecule has 9 heteroatoms. The van der Waals surface area contributed by atoms with Crippen LogP contribution in [0.25, 0.3) is 0 Å². The van der Waals surface area contributed by atoms with Crippen LogP contribution in [0.5, 0.6) is 0 Å². The Balaban J connectivity index is 4.61. The van der Waals surface area contributed by atoms with Gasteiger partial charge in [0.05, 0.1) is 13.7 Å². The summed E-state index contributed by atoms with van der Waals surface area (Å²) in [6.07, 6.45) is 0.289. The largest absolute Gasteiger partial charge is 0.523 e. The molecular weight excluding hydrogens is 325 g/mol. The number of rotatable bonds is 8. The molecule has 0 saturated heterocycles. The van der Waals surface area contributed by atoms with Crippen LogP contribution in [0.4, 0.5) is 13.2 Å². The minimum Gasteiger partial charge on any atom is -0.469 e. The van der Waals surface area contributed by atoms with Gasteiger partial charge in [0.1, 0.15) is 0 Å². The lowest BCUT2D eigenvalue weighted by Crippen LogP contribution is -2.31. The first-order valence-electron chi connectivity index (χ1n) is 6.77. The number of methoxy groups -OCH3 is 1. The van der Waals surface area contributed by atoms with E-state index in [1.165, 1.54) is 7.11 Å². The summed E-state index contributed by atoms with van der Waals surface area (Å²) in [5, 5.41) is 0. The van der Waals surface area contributed by atoms with E-state index >= 15 is 0 Å². The van der Waals surface area contributed by atoms with Crippen molar-refractivity contribution in [2.45, 2.75) is 46.0 Å². The molecule has 0 aliphatic heterocycles. The Hall–Kier alpha value is -0.830. The monoisotopic (exact) mass is 348 g/mol. The van der Waals surface area contributed by atoms with Gasteiger partial charge in [0, 0.05) is 6.42 Å². The summed E-state index contributed by atoms with van der Waals surface area (Å²) in [4.78, 5) is 11.3. The van der Waals surface area contributed by atoms with Crippen LogP contribution in [0.15, 0.2) is 0 Å². The fourth-order valence-electron chi connectivity index (χ4n) is 2.00. The van der Waals surface area contributed by atoms with Crippen molar-refractivity contribution in [3.05, 3.63) is 0 Å². The minimum absolute atomic E-state index is 0.0520.